The number of para-hydroxylation sites is 2. The van der Waals surface area contributed by atoms with E-state index in [1.165, 1.54) is 17.0 Å². The molecule has 10 nitrogen and oxygen atoms in total. The fourth-order valence-electron chi connectivity index (χ4n) is 2.18. The standard InChI is InChI=1S/C15H12N4O6/c20-13(17-16-7-10-5-6-15(25-10)19(22)23)8-18-11-3-1-2-4-12(11)24-9-14(18)21/h1-7H,8-9H2,(H,17,20)/b16-7-. The van der Waals surface area contributed by atoms with E-state index < -0.39 is 16.7 Å². The van der Waals surface area contributed by atoms with Gasteiger partial charge in [-0.05, 0) is 18.2 Å². The van der Waals surface area contributed by atoms with Gasteiger partial charge in [-0.2, -0.15) is 5.10 Å². The molecule has 0 unspecified atom stereocenters. The maximum absolute atomic E-state index is 12.0. The maximum atomic E-state index is 12.0. The van der Waals surface area contributed by atoms with Crippen LogP contribution in [0.5, 0.6) is 5.75 Å². The van der Waals surface area contributed by atoms with E-state index in [1.54, 1.807) is 24.3 Å². The minimum Gasteiger partial charge on any atom is -0.482 e. The summed E-state index contributed by atoms with van der Waals surface area (Å²) in [7, 11) is 0. The summed E-state index contributed by atoms with van der Waals surface area (Å²) in [5.41, 5.74) is 2.73. The number of rotatable bonds is 5. The Morgan fingerprint density at radius 2 is 2.16 bits per heavy atom. The molecule has 1 aliphatic heterocycles. The lowest BCUT2D eigenvalue weighted by Crippen LogP contribution is -2.44. The number of amides is 2. The number of hydrogen-bond acceptors (Lipinski definition) is 7. The molecule has 2 amide bonds. The zero-order valence-electron chi connectivity index (χ0n) is 12.7. The summed E-state index contributed by atoms with van der Waals surface area (Å²) in [6, 6.07) is 9.38. The van der Waals surface area contributed by atoms with Crippen molar-refractivity contribution in [3.8, 4) is 5.75 Å². The van der Waals surface area contributed by atoms with Crippen molar-refractivity contribution < 1.29 is 23.7 Å². The number of carbonyl (C=O) groups is 2. The van der Waals surface area contributed by atoms with Gasteiger partial charge in [0.1, 0.15) is 17.2 Å². The van der Waals surface area contributed by atoms with E-state index in [-0.39, 0.29) is 24.8 Å². The van der Waals surface area contributed by atoms with Crippen LogP contribution in [-0.2, 0) is 9.59 Å². The molecule has 1 N–H and O–H groups in total. The predicted octanol–water partition coefficient (Wildman–Crippen LogP) is 1.06. The molecule has 2 heterocycles. The molecule has 0 radical (unpaired) electrons. The van der Waals surface area contributed by atoms with Crippen LogP contribution in [0.25, 0.3) is 0 Å². The summed E-state index contributed by atoms with van der Waals surface area (Å²) in [5, 5.41) is 14.1. The van der Waals surface area contributed by atoms with Crippen molar-refractivity contribution in [3.05, 3.63) is 52.3 Å². The smallest absolute Gasteiger partial charge is 0.433 e. The van der Waals surface area contributed by atoms with Crippen molar-refractivity contribution in [1.29, 1.82) is 0 Å². The van der Waals surface area contributed by atoms with Gasteiger partial charge >= 0.3 is 5.88 Å². The molecular weight excluding hydrogens is 332 g/mol. The highest BCUT2D eigenvalue weighted by molar-refractivity contribution is 6.02. The van der Waals surface area contributed by atoms with E-state index >= 15 is 0 Å². The Kier molecular flexibility index (Phi) is 4.42. The topological polar surface area (TPSA) is 127 Å². The van der Waals surface area contributed by atoms with Crippen molar-refractivity contribution >= 4 is 29.6 Å². The zero-order valence-corrected chi connectivity index (χ0v) is 12.7. The van der Waals surface area contributed by atoms with Gasteiger partial charge in [0.2, 0.25) is 0 Å². The molecule has 0 fully saturated rings. The monoisotopic (exact) mass is 344 g/mol. The lowest BCUT2D eigenvalue weighted by molar-refractivity contribution is -0.402. The molecule has 1 aromatic heterocycles. The first-order valence-corrected chi connectivity index (χ1v) is 7.13. The largest absolute Gasteiger partial charge is 0.482 e. The summed E-state index contributed by atoms with van der Waals surface area (Å²) >= 11 is 0. The SMILES string of the molecule is O=C(CN1C(=O)COc2ccccc21)N/N=C\c1ccc([N+](=O)[O-])o1. The van der Waals surface area contributed by atoms with Crippen LogP contribution >= 0.6 is 0 Å². The Morgan fingerprint density at radius 3 is 2.92 bits per heavy atom. The van der Waals surface area contributed by atoms with Crippen LogP contribution in [0.2, 0.25) is 0 Å². The third-order valence-electron chi connectivity index (χ3n) is 3.28. The molecule has 2 aromatic rings. The van der Waals surface area contributed by atoms with Crippen molar-refractivity contribution in [3.63, 3.8) is 0 Å². The first kappa shape index (κ1) is 16.2. The third-order valence-corrected chi connectivity index (χ3v) is 3.28. The van der Waals surface area contributed by atoms with Crippen molar-refractivity contribution in [2.45, 2.75) is 0 Å². The highest BCUT2D eigenvalue weighted by Gasteiger charge is 2.26. The number of nitrogens with one attached hydrogen (secondary N) is 1. The van der Waals surface area contributed by atoms with Crippen molar-refractivity contribution in [1.82, 2.24) is 5.43 Å². The summed E-state index contributed by atoms with van der Waals surface area (Å²) in [6.07, 6.45) is 1.12. The first-order chi connectivity index (χ1) is 12.0. The van der Waals surface area contributed by atoms with E-state index in [1.807, 2.05) is 0 Å². The van der Waals surface area contributed by atoms with E-state index in [2.05, 4.69) is 10.5 Å². The lowest BCUT2D eigenvalue weighted by atomic mass is 10.2. The molecule has 25 heavy (non-hydrogen) atoms. The Hall–Kier alpha value is -3.69. The molecule has 10 heteroatoms. The number of anilines is 1. The minimum absolute atomic E-state index is 0.111. The highest BCUT2D eigenvalue weighted by Crippen LogP contribution is 2.31. The molecular formula is C15H12N4O6. The van der Waals surface area contributed by atoms with Gasteiger partial charge in [-0.1, -0.05) is 12.1 Å². The highest BCUT2D eigenvalue weighted by atomic mass is 16.6. The number of hydrogen-bond donors (Lipinski definition) is 1. The van der Waals surface area contributed by atoms with Crippen molar-refractivity contribution in [2.75, 3.05) is 18.1 Å². The van der Waals surface area contributed by atoms with E-state index in [0.29, 0.717) is 11.4 Å². The van der Waals surface area contributed by atoms with Crippen LogP contribution in [0.1, 0.15) is 5.76 Å². The van der Waals surface area contributed by atoms with Crippen LogP contribution in [0.15, 0.2) is 45.9 Å². The van der Waals surface area contributed by atoms with Crippen LogP contribution < -0.4 is 15.1 Å². The van der Waals surface area contributed by atoms with E-state index in [9.17, 15) is 19.7 Å². The Morgan fingerprint density at radius 1 is 1.36 bits per heavy atom. The molecule has 128 valence electrons. The zero-order chi connectivity index (χ0) is 17.8. The summed E-state index contributed by atoms with van der Waals surface area (Å²) in [4.78, 5) is 35.0. The molecule has 0 saturated carbocycles. The number of nitrogens with zero attached hydrogens (tertiary/aromatic N) is 3. The second-order valence-corrected chi connectivity index (χ2v) is 4.96. The average Bonchev–Trinajstić information content (AvgIpc) is 3.07. The number of furan rings is 1. The van der Waals surface area contributed by atoms with E-state index in [4.69, 9.17) is 9.15 Å². The molecule has 1 aliphatic rings. The Bertz CT molecular complexity index is 859. The van der Waals surface area contributed by atoms with Gasteiger partial charge in [0.05, 0.1) is 18.0 Å². The van der Waals surface area contributed by atoms with Crippen LogP contribution in [-0.4, -0.2) is 36.1 Å². The number of fused-ring (bicyclic) bond motifs is 1. The van der Waals surface area contributed by atoms with Crippen LogP contribution in [0.4, 0.5) is 11.6 Å². The average molecular weight is 344 g/mol. The normalized spacial score (nSPS) is 13.4. The quantitative estimate of drug-likeness (QED) is 0.491. The molecule has 0 atom stereocenters. The predicted molar refractivity (Wildman–Crippen MR) is 85.4 cm³/mol. The summed E-state index contributed by atoms with van der Waals surface area (Å²) < 4.78 is 10.1. The maximum Gasteiger partial charge on any atom is 0.433 e. The summed E-state index contributed by atoms with van der Waals surface area (Å²) in [5.74, 6) is -0.689. The fourth-order valence-corrected chi connectivity index (χ4v) is 2.18. The van der Waals surface area contributed by atoms with Gasteiger partial charge < -0.3 is 9.15 Å². The van der Waals surface area contributed by atoms with Crippen LogP contribution in [0, 0.1) is 10.1 Å². The lowest BCUT2D eigenvalue weighted by Gasteiger charge is -2.28. The minimum atomic E-state index is -0.683. The Labute approximate surface area is 140 Å². The number of nitro groups is 1. The first-order valence-electron chi connectivity index (χ1n) is 7.13. The van der Waals surface area contributed by atoms with Gasteiger partial charge in [0, 0.05) is 0 Å². The molecule has 0 spiro atoms. The molecule has 1 aromatic carbocycles. The summed E-state index contributed by atoms with van der Waals surface area (Å²) in [6.45, 7) is -0.390. The third kappa shape index (κ3) is 3.63. The molecule has 0 aliphatic carbocycles. The van der Waals surface area contributed by atoms with Gasteiger partial charge in [-0.3, -0.25) is 24.6 Å². The van der Waals surface area contributed by atoms with Gasteiger partial charge in [0.25, 0.3) is 11.8 Å². The molecule has 0 bridgehead atoms. The second-order valence-electron chi connectivity index (χ2n) is 4.96. The van der Waals surface area contributed by atoms with Crippen LogP contribution in [0.3, 0.4) is 0 Å². The number of benzene rings is 1. The van der Waals surface area contributed by atoms with Gasteiger partial charge in [0.15, 0.2) is 12.4 Å². The molecule has 0 saturated heterocycles. The van der Waals surface area contributed by atoms with Gasteiger partial charge in [-0.25, -0.2) is 5.43 Å². The number of hydrazone groups is 1. The molecule has 3 rings (SSSR count). The van der Waals surface area contributed by atoms with E-state index in [0.717, 1.165) is 6.21 Å². The number of carbonyl (C=O) groups excluding carboxylic acids is 2. The second kappa shape index (κ2) is 6.83. The van der Waals surface area contributed by atoms with Crippen molar-refractivity contribution in [2.24, 2.45) is 5.10 Å². The fraction of sp³-hybridized carbons (Fsp3) is 0.133. The van der Waals surface area contributed by atoms with Gasteiger partial charge in [-0.15, -0.1) is 0 Å². The number of ether oxygens (including phenoxy) is 1. The Balaban J connectivity index is 1.61.